The summed E-state index contributed by atoms with van der Waals surface area (Å²) in [7, 11) is 1.77. The van der Waals surface area contributed by atoms with E-state index in [9.17, 15) is 0 Å². The SMILES string of the molecule is CCOCCNC(=NC)NCCc1cnn(-c2ccccc2)c1.I. The Morgan fingerprint density at radius 3 is 2.67 bits per heavy atom. The first-order valence-electron chi connectivity index (χ1n) is 7.94. The number of aliphatic imine (C=N–C) groups is 1. The molecule has 0 spiro atoms. The smallest absolute Gasteiger partial charge is 0.191 e. The van der Waals surface area contributed by atoms with Gasteiger partial charge in [-0.25, -0.2) is 4.68 Å². The number of nitrogens with zero attached hydrogens (tertiary/aromatic N) is 3. The fourth-order valence-corrected chi connectivity index (χ4v) is 2.14. The molecule has 0 saturated heterocycles. The van der Waals surface area contributed by atoms with E-state index < -0.39 is 0 Å². The van der Waals surface area contributed by atoms with Crippen LogP contribution in [0.3, 0.4) is 0 Å². The predicted octanol–water partition coefficient (Wildman–Crippen LogP) is 2.23. The maximum atomic E-state index is 5.29. The molecule has 0 saturated carbocycles. The molecular formula is C17H26IN5O. The Morgan fingerprint density at radius 2 is 1.96 bits per heavy atom. The fourth-order valence-electron chi connectivity index (χ4n) is 2.14. The maximum Gasteiger partial charge on any atom is 0.191 e. The van der Waals surface area contributed by atoms with Crippen molar-refractivity contribution in [2.75, 3.05) is 33.4 Å². The van der Waals surface area contributed by atoms with E-state index in [0.29, 0.717) is 6.61 Å². The molecular weight excluding hydrogens is 417 g/mol. The molecule has 0 aliphatic carbocycles. The number of nitrogens with one attached hydrogen (secondary N) is 2. The van der Waals surface area contributed by atoms with Gasteiger partial charge < -0.3 is 15.4 Å². The Balaban J connectivity index is 0.00000288. The number of hydrogen-bond donors (Lipinski definition) is 2. The van der Waals surface area contributed by atoms with Gasteiger partial charge in [-0.2, -0.15) is 5.10 Å². The molecule has 0 amide bonds. The van der Waals surface area contributed by atoms with Gasteiger partial charge in [0.1, 0.15) is 0 Å². The third-order valence-electron chi connectivity index (χ3n) is 3.33. The van der Waals surface area contributed by atoms with E-state index in [2.05, 4.69) is 26.9 Å². The highest BCUT2D eigenvalue weighted by atomic mass is 127. The summed E-state index contributed by atoms with van der Waals surface area (Å²) in [6.45, 7) is 4.96. The highest BCUT2D eigenvalue weighted by molar-refractivity contribution is 14.0. The van der Waals surface area contributed by atoms with Gasteiger partial charge in [0.2, 0.25) is 0 Å². The summed E-state index contributed by atoms with van der Waals surface area (Å²) < 4.78 is 7.18. The molecule has 1 heterocycles. The van der Waals surface area contributed by atoms with E-state index in [4.69, 9.17) is 4.74 Å². The van der Waals surface area contributed by atoms with Crippen molar-refractivity contribution in [3.8, 4) is 5.69 Å². The van der Waals surface area contributed by atoms with E-state index in [1.54, 1.807) is 7.05 Å². The molecule has 6 nitrogen and oxygen atoms in total. The minimum Gasteiger partial charge on any atom is -0.380 e. The highest BCUT2D eigenvalue weighted by Gasteiger charge is 2.02. The number of para-hydroxylation sites is 1. The van der Waals surface area contributed by atoms with Crippen LogP contribution in [0, 0.1) is 0 Å². The van der Waals surface area contributed by atoms with Crippen molar-refractivity contribution < 1.29 is 4.74 Å². The molecule has 7 heteroatoms. The lowest BCUT2D eigenvalue weighted by Gasteiger charge is -2.11. The normalized spacial score (nSPS) is 11.0. The Kier molecular flexibility index (Phi) is 10.1. The van der Waals surface area contributed by atoms with Crippen LogP contribution in [0.5, 0.6) is 0 Å². The Hall–Kier alpha value is -1.61. The quantitative estimate of drug-likeness (QED) is 0.284. The van der Waals surface area contributed by atoms with Crippen molar-refractivity contribution in [3.63, 3.8) is 0 Å². The molecule has 1 aromatic carbocycles. The van der Waals surface area contributed by atoms with Gasteiger partial charge in [0.25, 0.3) is 0 Å². The molecule has 0 unspecified atom stereocenters. The van der Waals surface area contributed by atoms with Gasteiger partial charge in [-0.05, 0) is 31.0 Å². The lowest BCUT2D eigenvalue weighted by molar-refractivity contribution is 0.152. The highest BCUT2D eigenvalue weighted by Crippen LogP contribution is 2.07. The first-order valence-corrected chi connectivity index (χ1v) is 7.94. The summed E-state index contributed by atoms with van der Waals surface area (Å²) in [5.74, 6) is 0.792. The number of rotatable bonds is 8. The van der Waals surface area contributed by atoms with Crippen LogP contribution in [0.2, 0.25) is 0 Å². The van der Waals surface area contributed by atoms with Gasteiger partial charge in [-0.15, -0.1) is 24.0 Å². The van der Waals surface area contributed by atoms with Gasteiger partial charge in [0, 0.05) is 32.9 Å². The second kappa shape index (κ2) is 11.9. The largest absolute Gasteiger partial charge is 0.380 e. The molecule has 0 fully saturated rings. The summed E-state index contributed by atoms with van der Waals surface area (Å²) in [5.41, 5.74) is 2.26. The molecule has 1 aromatic heterocycles. The van der Waals surface area contributed by atoms with Crippen molar-refractivity contribution in [3.05, 3.63) is 48.3 Å². The number of aromatic nitrogens is 2. The van der Waals surface area contributed by atoms with E-state index in [1.807, 2.05) is 48.1 Å². The molecule has 2 N–H and O–H groups in total. The molecule has 0 atom stereocenters. The molecule has 0 aliphatic heterocycles. The molecule has 0 radical (unpaired) electrons. The van der Waals surface area contributed by atoms with Crippen molar-refractivity contribution in [2.45, 2.75) is 13.3 Å². The minimum absolute atomic E-state index is 0. The molecule has 2 rings (SSSR count). The third kappa shape index (κ3) is 6.88. The zero-order chi connectivity index (χ0) is 16.3. The van der Waals surface area contributed by atoms with E-state index in [0.717, 1.165) is 37.8 Å². The minimum atomic E-state index is 0. The number of hydrogen-bond acceptors (Lipinski definition) is 3. The molecule has 132 valence electrons. The average Bonchev–Trinajstić information content (AvgIpc) is 3.07. The fraction of sp³-hybridized carbons (Fsp3) is 0.412. The monoisotopic (exact) mass is 443 g/mol. The topological polar surface area (TPSA) is 63.5 Å². The lowest BCUT2D eigenvalue weighted by atomic mass is 10.2. The number of halogens is 1. The summed E-state index contributed by atoms with van der Waals surface area (Å²) in [6.07, 6.45) is 4.85. The van der Waals surface area contributed by atoms with Gasteiger partial charge in [0.05, 0.1) is 18.5 Å². The zero-order valence-electron chi connectivity index (χ0n) is 14.2. The van der Waals surface area contributed by atoms with E-state index >= 15 is 0 Å². The number of guanidine groups is 1. The second-order valence-electron chi connectivity index (χ2n) is 5.00. The Labute approximate surface area is 160 Å². The summed E-state index contributed by atoms with van der Waals surface area (Å²) in [4.78, 5) is 4.19. The van der Waals surface area contributed by atoms with Crippen LogP contribution in [0.1, 0.15) is 12.5 Å². The molecule has 0 bridgehead atoms. The van der Waals surface area contributed by atoms with Gasteiger partial charge in [-0.1, -0.05) is 18.2 Å². The van der Waals surface area contributed by atoms with Crippen LogP contribution >= 0.6 is 24.0 Å². The van der Waals surface area contributed by atoms with Crippen LogP contribution in [-0.4, -0.2) is 49.1 Å². The average molecular weight is 443 g/mol. The maximum absolute atomic E-state index is 5.29. The standard InChI is InChI=1S/C17H25N5O.HI/c1-3-23-12-11-20-17(18-2)19-10-9-15-13-21-22(14-15)16-7-5-4-6-8-16;/h4-8,13-14H,3,9-12H2,1-2H3,(H2,18,19,20);1H. The summed E-state index contributed by atoms with van der Waals surface area (Å²) in [5, 5.41) is 10.9. The molecule has 2 aromatic rings. The summed E-state index contributed by atoms with van der Waals surface area (Å²) >= 11 is 0. The number of benzene rings is 1. The van der Waals surface area contributed by atoms with Gasteiger partial charge in [0.15, 0.2) is 5.96 Å². The van der Waals surface area contributed by atoms with E-state index in [1.165, 1.54) is 5.56 Å². The van der Waals surface area contributed by atoms with Crippen LogP contribution in [0.4, 0.5) is 0 Å². The number of ether oxygens (including phenoxy) is 1. The summed E-state index contributed by atoms with van der Waals surface area (Å²) in [6, 6.07) is 10.1. The molecule has 0 aliphatic rings. The van der Waals surface area contributed by atoms with E-state index in [-0.39, 0.29) is 24.0 Å². The third-order valence-corrected chi connectivity index (χ3v) is 3.33. The first-order chi connectivity index (χ1) is 11.3. The zero-order valence-corrected chi connectivity index (χ0v) is 16.6. The van der Waals surface area contributed by atoms with Crippen LogP contribution in [0.15, 0.2) is 47.7 Å². The van der Waals surface area contributed by atoms with Crippen molar-refractivity contribution in [2.24, 2.45) is 4.99 Å². The van der Waals surface area contributed by atoms with Crippen LogP contribution < -0.4 is 10.6 Å². The second-order valence-corrected chi connectivity index (χ2v) is 5.00. The Bertz CT molecular complexity index is 600. The predicted molar refractivity (Wildman–Crippen MR) is 109 cm³/mol. The molecule has 24 heavy (non-hydrogen) atoms. The van der Waals surface area contributed by atoms with Crippen molar-refractivity contribution in [1.82, 2.24) is 20.4 Å². The van der Waals surface area contributed by atoms with Crippen molar-refractivity contribution >= 4 is 29.9 Å². The van der Waals surface area contributed by atoms with Crippen LogP contribution in [-0.2, 0) is 11.2 Å². The van der Waals surface area contributed by atoms with Gasteiger partial charge in [-0.3, -0.25) is 4.99 Å². The van der Waals surface area contributed by atoms with Crippen molar-refractivity contribution in [1.29, 1.82) is 0 Å². The van der Waals surface area contributed by atoms with Crippen LogP contribution in [0.25, 0.3) is 5.69 Å². The lowest BCUT2D eigenvalue weighted by Crippen LogP contribution is -2.39. The van der Waals surface area contributed by atoms with Gasteiger partial charge >= 0.3 is 0 Å². The Morgan fingerprint density at radius 1 is 1.21 bits per heavy atom. The first kappa shape index (κ1) is 20.4.